The second kappa shape index (κ2) is 4.59. The average Bonchev–Trinajstić information content (AvgIpc) is 2.76. The molecule has 3 rings (SSSR count). The predicted octanol–water partition coefficient (Wildman–Crippen LogP) is 4.08. The quantitative estimate of drug-likeness (QED) is 0.763. The summed E-state index contributed by atoms with van der Waals surface area (Å²) in [7, 11) is 0. The highest BCUT2D eigenvalue weighted by atomic mass is 35.5. The van der Waals surface area contributed by atoms with Gasteiger partial charge < -0.3 is 9.67 Å². The largest absolute Gasteiger partial charge is 0.508 e. The van der Waals surface area contributed by atoms with E-state index in [-0.39, 0.29) is 5.75 Å². The Hall–Kier alpha value is -2.00. The molecule has 1 heterocycles. The molecule has 1 N–H and O–H groups in total. The summed E-state index contributed by atoms with van der Waals surface area (Å²) in [6.45, 7) is 2.89. The molecule has 0 unspecified atom stereocenters. The molecule has 0 aliphatic rings. The number of phenols is 1. The number of aromatic hydroxyl groups is 1. The van der Waals surface area contributed by atoms with Crippen LogP contribution < -0.4 is 0 Å². The third kappa shape index (κ3) is 1.96. The Morgan fingerprint density at radius 2 is 2.00 bits per heavy atom. The van der Waals surface area contributed by atoms with Gasteiger partial charge in [-0.1, -0.05) is 23.7 Å². The summed E-state index contributed by atoms with van der Waals surface area (Å²) in [6, 6.07) is 13.0. The Bertz CT molecular complexity index is 749. The van der Waals surface area contributed by atoms with E-state index in [0.29, 0.717) is 5.02 Å². The van der Waals surface area contributed by atoms with Gasteiger partial charge in [0.25, 0.3) is 0 Å². The molecular formula is C15H13ClN2O. The lowest BCUT2D eigenvalue weighted by Gasteiger charge is -2.07. The number of aryl methyl sites for hydroxylation is 1. The third-order valence-corrected chi connectivity index (χ3v) is 3.48. The second-order valence-corrected chi connectivity index (χ2v) is 4.74. The smallest absolute Gasteiger partial charge is 0.142 e. The van der Waals surface area contributed by atoms with Crippen molar-refractivity contribution in [3.05, 3.63) is 47.5 Å². The van der Waals surface area contributed by atoms with E-state index in [1.54, 1.807) is 12.1 Å². The number of imidazole rings is 1. The fourth-order valence-corrected chi connectivity index (χ4v) is 2.55. The van der Waals surface area contributed by atoms with Gasteiger partial charge >= 0.3 is 0 Å². The van der Waals surface area contributed by atoms with Crippen molar-refractivity contribution in [3.8, 4) is 17.1 Å². The van der Waals surface area contributed by atoms with Crippen molar-refractivity contribution in [1.29, 1.82) is 0 Å². The molecule has 0 aliphatic carbocycles. The molecule has 0 amide bonds. The van der Waals surface area contributed by atoms with Gasteiger partial charge in [0.2, 0.25) is 0 Å². The van der Waals surface area contributed by atoms with Gasteiger partial charge in [0.05, 0.1) is 16.1 Å². The van der Waals surface area contributed by atoms with Crippen molar-refractivity contribution >= 4 is 22.6 Å². The van der Waals surface area contributed by atoms with Gasteiger partial charge in [-0.3, -0.25) is 0 Å². The van der Waals surface area contributed by atoms with Crippen LogP contribution in [0.3, 0.4) is 0 Å². The van der Waals surface area contributed by atoms with Crippen LogP contribution in [-0.4, -0.2) is 14.7 Å². The minimum absolute atomic E-state index is 0.160. The van der Waals surface area contributed by atoms with Gasteiger partial charge in [0.15, 0.2) is 0 Å². The molecule has 0 saturated carbocycles. The Balaban J connectivity index is 2.30. The highest BCUT2D eigenvalue weighted by Gasteiger charge is 2.13. The van der Waals surface area contributed by atoms with E-state index in [1.165, 1.54) is 6.07 Å². The summed E-state index contributed by atoms with van der Waals surface area (Å²) in [5.41, 5.74) is 2.87. The van der Waals surface area contributed by atoms with Crippen molar-refractivity contribution in [2.24, 2.45) is 0 Å². The van der Waals surface area contributed by atoms with Crippen molar-refractivity contribution in [2.45, 2.75) is 13.5 Å². The summed E-state index contributed by atoms with van der Waals surface area (Å²) >= 11 is 6.21. The second-order valence-electron chi connectivity index (χ2n) is 4.33. The van der Waals surface area contributed by atoms with Crippen molar-refractivity contribution in [1.82, 2.24) is 9.55 Å². The maximum Gasteiger partial charge on any atom is 0.142 e. The number of benzene rings is 2. The molecule has 0 fully saturated rings. The maximum absolute atomic E-state index is 9.44. The summed E-state index contributed by atoms with van der Waals surface area (Å²) in [6.07, 6.45) is 0. The van der Waals surface area contributed by atoms with Crippen LogP contribution in [-0.2, 0) is 6.54 Å². The van der Waals surface area contributed by atoms with E-state index in [9.17, 15) is 5.11 Å². The van der Waals surface area contributed by atoms with E-state index in [1.807, 2.05) is 24.3 Å². The normalized spacial score (nSPS) is 11.1. The van der Waals surface area contributed by atoms with Crippen molar-refractivity contribution in [3.63, 3.8) is 0 Å². The number of hydrogen-bond acceptors (Lipinski definition) is 2. The monoisotopic (exact) mass is 272 g/mol. The van der Waals surface area contributed by atoms with Crippen LogP contribution in [0.5, 0.6) is 5.75 Å². The SMILES string of the molecule is CCn1c(-c2ccc(O)cc2Cl)nc2ccccc21. The minimum Gasteiger partial charge on any atom is -0.508 e. The molecule has 0 aliphatic heterocycles. The van der Waals surface area contributed by atoms with E-state index in [0.717, 1.165) is 29.0 Å². The van der Waals surface area contributed by atoms with E-state index in [4.69, 9.17) is 11.6 Å². The lowest BCUT2D eigenvalue weighted by Crippen LogP contribution is -1.97. The van der Waals surface area contributed by atoms with Crippen LogP contribution in [0.1, 0.15) is 6.92 Å². The number of para-hydroxylation sites is 2. The fraction of sp³-hybridized carbons (Fsp3) is 0.133. The van der Waals surface area contributed by atoms with Crippen molar-refractivity contribution in [2.75, 3.05) is 0 Å². The first kappa shape index (κ1) is 12.1. The first-order chi connectivity index (χ1) is 9.20. The topological polar surface area (TPSA) is 38.0 Å². The molecule has 0 radical (unpaired) electrons. The summed E-state index contributed by atoms with van der Waals surface area (Å²) in [4.78, 5) is 4.64. The molecule has 3 nitrogen and oxygen atoms in total. The van der Waals surface area contributed by atoms with Gasteiger partial charge in [-0.2, -0.15) is 0 Å². The number of halogens is 1. The zero-order valence-corrected chi connectivity index (χ0v) is 11.2. The first-order valence-corrected chi connectivity index (χ1v) is 6.52. The molecule has 0 atom stereocenters. The van der Waals surface area contributed by atoms with E-state index >= 15 is 0 Å². The van der Waals surface area contributed by atoms with Gasteiger partial charge in [0.1, 0.15) is 11.6 Å². The molecule has 0 saturated heterocycles. The van der Waals surface area contributed by atoms with Gasteiger partial charge in [0, 0.05) is 12.1 Å². The van der Waals surface area contributed by atoms with Gasteiger partial charge in [-0.25, -0.2) is 4.98 Å². The lowest BCUT2D eigenvalue weighted by atomic mass is 10.2. The Morgan fingerprint density at radius 1 is 1.21 bits per heavy atom. The van der Waals surface area contributed by atoms with Gasteiger partial charge in [-0.05, 0) is 37.3 Å². The Kier molecular flexibility index (Phi) is 2.91. The van der Waals surface area contributed by atoms with E-state index in [2.05, 4.69) is 16.5 Å². The molecule has 96 valence electrons. The number of hydrogen-bond donors (Lipinski definition) is 1. The van der Waals surface area contributed by atoms with E-state index < -0.39 is 0 Å². The molecular weight excluding hydrogens is 260 g/mol. The van der Waals surface area contributed by atoms with Crippen LogP contribution >= 0.6 is 11.6 Å². The maximum atomic E-state index is 9.44. The molecule has 0 bridgehead atoms. The summed E-state index contributed by atoms with van der Waals surface area (Å²) in [5.74, 6) is 0.988. The zero-order valence-electron chi connectivity index (χ0n) is 10.5. The molecule has 4 heteroatoms. The third-order valence-electron chi connectivity index (χ3n) is 3.16. The van der Waals surface area contributed by atoms with Crippen LogP contribution in [0.4, 0.5) is 0 Å². The van der Waals surface area contributed by atoms with Crippen LogP contribution in [0.2, 0.25) is 5.02 Å². The first-order valence-electron chi connectivity index (χ1n) is 6.15. The number of nitrogens with zero attached hydrogens (tertiary/aromatic N) is 2. The molecule has 0 spiro atoms. The van der Waals surface area contributed by atoms with Crippen LogP contribution in [0.25, 0.3) is 22.4 Å². The Morgan fingerprint density at radius 3 is 2.74 bits per heavy atom. The highest BCUT2D eigenvalue weighted by molar-refractivity contribution is 6.33. The van der Waals surface area contributed by atoms with Crippen LogP contribution in [0.15, 0.2) is 42.5 Å². The standard InChI is InChI=1S/C15H13ClN2O/c1-2-18-14-6-4-3-5-13(14)17-15(18)11-8-7-10(19)9-12(11)16/h3-9,19H,2H2,1H3. The summed E-state index contributed by atoms with van der Waals surface area (Å²) in [5, 5.41) is 9.94. The minimum atomic E-state index is 0.160. The average molecular weight is 273 g/mol. The molecule has 1 aromatic heterocycles. The fourth-order valence-electron chi connectivity index (χ4n) is 2.29. The number of aromatic nitrogens is 2. The van der Waals surface area contributed by atoms with Crippen LogP contribution in [0, 0.1) is 0 Å². The zero-order chi connectivity index (χ0) is 13.4. The number of fused-ring (bicyclic) bond motifs is 1. The highest BCUT2D eigenvalue weighted by Crippen LogP contribution is 2.32. The Labute approximate surface area is 116 Å². The summed E-state index contributed by atoms with van der Waals surface area (Å²) < 4.78 is 2.12. The van der Waals surface area contributed by atoms with Gasteiger partial charge in [-0.15, -0.1) is 0 Å². The lowest BCUT2D eigenvalue weighted by molar-refractivity contribution is 0.475. The van der Waals surface area contributed by atoms with Crippen molar-refractivity contribution < 1.29 is 5.11 Å². The molecule has 3 aromatic rings. The predicted molar refractivity (Wildman–Crippen MR) is 77.5 cm³/mol. The number of phenolic OH excluding ortho intramolecular Hbond substituents is 1. The molecule has 2 aromatic carbocycles. The molecule has 19 heavy (non-hydrogen) atoms. The number of rotatable bonds is 2.